The number of hydrogen-bond acceptors (Lipinski definition) is 5. The topological polar surface area (TPSA) is 73.9 Å². The van der Waals surface area contributed by atoms with Gasteiger partial charge in [-0.2, -0.15) is 0 Å². The van der Waals surface area contributed by atoms with Crippen molar-refractivity contribution in [3.05, 3.63) is 53.6 Å². The van der Waals surface area contributed by atoms with Crippen molar-refractivity contribution in [1.82, 2.24) is 0 Å². The molecule has 0 spiro atoms. The fraction of sp³-hybridized carbons (Fsp3) is 0.300. The minimum Gasteiger partial charge on any atom is -0.496 e. The SMILES string of the molecule is CCOc1ccc(NC(=O)[C@@H](C)OC(=O)c2cc(C)ccc2OC)cc1. The van der Waals surface area contributed by atoms with Gasteiger partial charge in [-0.25, -0.2) is 4.79 Å². The molecule has 6 nitrogen and oxygen atoms in total. The van der Waals surface area contributed by atoms with Gasteiger partial charge < -0.3 is 19.5 Å². The highest BCUT2D eigenvalue weighted by Crippen LogP contribution is 2.21. The summed E-state index contributed by atoms with van der Waals surface area (Å²) in [5.74, 6) is 0.0882. The molecule has 0 saturated heterocycles. The molecular weight excluding hydrogens is 334 g/mol. The van der Waals surface area contributed by atoms with E-state index in [4.69, 9.17) is 14.2 Å². The third-order valence-corrected chi connectivity index (χ3v) is 3.66. The van der Waals surface area contributed by atoms with Gasteiger partial charge in [0.05, 0.1) is 13.7 Å². The summed E-state index contributed by atoms with van der Waals surface area (Å²) in [6.45, 7) is 5.85. The molecule has 0 aliphatic rings. The number of carbonyl (C=O) groups is 2. The molecular formula is C20H23NO5. The monoisotopic (exact) mass is 357 g/mol. The van der Waals surface area contributed by atoms with Crippen LogP contribution in [0.4, 0.5) is 5.69 Å². The number of rotatable bonds is 7. The predicted molar refractivity (Wildman–Crippen MR) is 98.8 cm³/mol. The van der Waals surface area contributed by atoms with Crippen LogP contribution in [0.15, 0.2) is 42.5 Å². The van der Waals surface area contributed by atoms with Gasteiger partial charge in [0.25, 0.3) is 5.91 Å². The Morgan fingerprint density at radius 1 is 1.12 bits per heavy atom. The second-order valence-electron chi connectivity index (χ2n) is 5.70. The molecule has 0 fully saturated rings. The molecule has 0 unspecified atom stereocenters. The van der Waals surface area contributed by atoms with Crippen molar-refractivity contribution in [3.8, 4) is 11.5 Å². The first-order valence-electron chi connectivity index (χ1n) is 8.34. The molecule has 0 radical (unpaired) electrons. The zero-order chi connectivity index (χ0) is 19.1. The summed E-state index contributed by atoms with van der Waals surface area (Å²) in [5.41, 5.74) is 1.77. The standard InChI is InChI=1S/C20H23NO5/c1-5-25-16-9-7-15(8-10-16)21-19(22)14(3)26-20(23)17-12-13(2)6-11-18(17)24-4/h6-12,14H,5H2,1-4H3,(H,21,22)/t14-/m1/s1. The van der Waals surface area contributed by atoms with Gasteiger partial charge in [0, 0.05) is 5.69 Å². The molecule has 2 aromatic rings. The number of anilines is 1. The van der Waals surface area contributed by atoms with Gasteiger partial charge >= 0.3 is 5.97 Å². The fourth-order valence-corrected chi connectivity index (χ4v) is 2.30. The Balaban J connectivity index is 2.00. The molecule has 0 aliphatic heterocycles. The number of carbonyl (C=O) groups excluding carboxylic acids is 2. The van der Waals surface area contributed by atoms with E-state index in [1.54, 1.807) is 36.4 Å². The van der Waals surface area contributed by atoms with Gasteiger partial charge in [-0.15, -0.1) is 0 Å². The Morgan fingerprint density at radius 3 is 2.42 bits per heavy atom. The molecule has 0 bridgehead atoms. The zero-order valence-corrected chi connectivity index (χ0v) is 15.4. The van der Waals surface area contributed by atoms with E-state index in [2.05, 4.69) is 5.32 Å². The minimum absolute atomic E-state index is 0.285. The molecule has 2 rings (SSSR count). The summed E-state index contributed by atoms with van der Waals surface area (Å²) in [4.78, 5) is 24.6. The molecule has 0 aliphatic carbocycles. The van der Waals surface area contributed by atoms with Crippen LogP contribution in [0, 0.1) is 6.92 Å². The number of amides is 1. The van der Waals surface area contributed by atoms with Crippen molar-refractivity contribution in [2.75, 3.05) is 19.0 Å². The molecule has 138 valence electrons. The lowest BCUT2D eigenvalue weighted by molar-refractivity contribution is -0.123. The Labute approximate surface area is 153 Å². The molecule has 0 aromatic heterocycles. The first kappa shape index (κ1) is 19.3. The molecule has 6 heteroatoms. The van der Waals surface area contributed by atoms with Crippen LogP contribution in [0.25, 0.3) is 0 Å². The average molecular weight is 357 g/mol. The number of ether oxygens (including phenoxy) is 3. The number of hydrogen-bond donors (Lipinski definition) is 1. The Kier molecular flexibility index (Phi) is 6.60. The van der Waals surface area contributed by atoms with Crippen molar-refractivity contribution in [2.24, 2.45) is 0 Å². The Hall–Kier alpha value is -3.02. The molecule has 1 amide bonds. The van der Waals surface area contributed by atoms with Crippen LogP contribution >= 0.6 is 0 Å². The lowest BCUT2D eigenvalue weighted by atomic mass is 10.1. The summed E-state index contributed by atoms with van der Waals surface area (Å²) in [7, 11) is 1.48. The highest BCUT2D eigenvalue weighted by molar-refractivity contribution is 5.98. The van der Waals surface area contributed by atoms with Crippen LogP contribution in [-0.2, 0) is 9.53 Å². The highest BCUT2D eigenvalue weighted by Gasteiger charge is 2.21. The quantitative estimate of drug-likeness (QED) is 0.767. The van der Waals surface area contributed by atoms with Crippen LogP contribution in [0.3, 0.4) is 0 Å². The van der Waals surface area contributed by atoms with E-state index in [1.807, 2.05) is 19.9 Å². The van der Waals surface area contributed by atoms with Crippen molar-refractivity contribution in [2.45, 2.75) is 26.9 Å². The van der Waals surface area contributed by atoms with Gasteiger partial charge in [-0.3, -0.25) is 4.79 Å². The predicted octanol–water partition coefficient (Wildman–Crippen LogP) is 3.59. The van der Waals surface area contributed by atoms with E-state index in [9.17, 15) is 9.59 Å². The van der Waals surface area contributed by atoms with Gasteiger partial charge in [0.1, 0.15) is 17.1 Å². The highest BCUT2D eigenvalue weighted by atomic mass is 16.5. The maximum atomic E-state index is 12.4. The fourth-order valence-electron chi connectivity index (χ4n) is 2.30. The Bertz CT molecular complexity index is 770. The molecule has 1 atom stereocenters. The van der Waals surface area contributed by atoms with Crippen LogP contribution in [0.1, 0.15) is 29.8 Å². The van der Waals surface area contributed by atoms with E-state index < -0.39 is 18.0 Å². The second kappa shape index (κ2) is 8.89. The number of aryl methyl sites for hydroxylation is 1. The van der Waals surface area contributed by atoms with E-state index in [0.29, 0.717) is 18.0 Å². The zero-order valence-electron chi connectivity index (χ0n) is 15.4. The number of methoxy groups -OCH3 is 1. The van der Waals surface area contributed by atoms with Crippen molar-refractivity contribution >= 4 is 17.6 Å². The molecule has 0 saturated carbocycles. The van der Waals surface area contributed by atoms with E-state index in [1.165, 1.54) is 14.0 Å². The van der Waals surface area contributed by atoms with Gasteiger partial charge in [0.2, 0.25) is 0 Å². The van der Waals surface area contributed by atoms with Crippen LogP contribution in [-0.4, -0.2) is 31.7 Å². The average Bonchev–Trinajstić information content (AvgIpc) is 2.63. The van der Waals surface area contributed by atoms with Gasteiger partial charge in [-0.05, 0) is 57.2 Å². The number of nitrogens with one attached hydrogen (secondary N) is 1. The number of benzene rings is 2. The summed E-state index contributed by atoms with van der Waals surface area (Å²) in [5, 5.41) is 2.70. The van der Waals surface area contributed by atoms with Crippen molar-refractivity contribution in [1.29, 1.82) is 0 Å². The van der Waals surface area contributed by atoms with Crippen molar-refractivity contribution < 1.29 is 23.8 Å². The maximum absolute atomic E-state index is 12.4. The smallest absolute Gasteiger partial charge is 0.342 e. The first-order valence-corrected chi connectivity index (χ1v) is 8.34. The summed E-state index contributed by atoms with van der Waals surface area (Å²) >= 11 is 0. The largest absolute Gasteiger partial charge is 0.496 e. The Morgan fingerprint density at radius 2 is 1.81 bits per heavy atom. The lowest BCUT2D eigenvalue weighted by Crippen LogP contribution is -2.30. The van der Waals surface area contributed by atoms with Crippen molar-refractivity contribution in [3.63, 3.8) is 0 Å². The van der Waals surface area contributed by atoms with Crippen LogP contribution in [0.2, 0.25) is 0 Å². The lowest BCUT2D eigenvalue weighted by Gasteiger charge is -2.15. The summed E-state index contributed by atoms with van der Waals surface area (Å²) < 4.78 is 15.8. The molecule has 1 N–H and O–H groups in total. The second-order valence-corrected chi connectivity index (χ2v) is 5.70. The van der Waals surface area contributed by atoms with Gasteiger partial charge in [-0.1, -0.05) is 11.6 Å². The molecule has 26 heavy (non-hydrogen) atoms. The number of esters is 1. The van der Waals surface area contributed by atoms with Gasteiger partial charge in [0.15, 0.2) is 6.10 Å². The molecule has 2 aromatic carbocycles. The van der Waals surface area contributed by atoms with E-state index in [-0.39, 0.29) is 5.56 Å². The van der Waals surface area contributed by atoms with E-state index in [0.717, 1.165) is 11.3 Å². The normalized spacial score (nSPS) is 11.4. The van der Waals surface area contributed by atoms with E-state index >= 15 is 0 Å². The maximum Gasteiger partial charge on any atom is 0.342 e. The van der Waals surface area contributed by atoms with Crippen LogP contribution in [0.5, 0.6) is 11.5 Å². The first-order chi connectivity index (χ1) is 12.4. The third-order valence-electron chi connectivity index (χ3n) is 3.66. The van der Waals surface area contributed by atoms with Crippen LogP contribution < -0.4 is 14.8 Å². The third kappa shape index (κ3) is 4.99. The summed E-state index contributed by atoms with van der Waals surface area (Å²) in [6.07, 6.45) is -0.959. The minimum atomic E-state index is -0.959. The molecule has 0 heterocycles. The summed E-state index contributed by atoms with van der Waals surface area (Å²) in [6, 6.07) is 12.1.